The molecule has 0 radical (unpaired) electrons. The Bertz CT molecular complexity index is 967. The highest BCUT2D eigenvalue weighted by Crippen LogP contribution is 2.41. The van der Waals surface area contributed by atoms with Crippen LogP contribution in [0.2, 0.25) is 0 Å². The van der Waals surface area contributed by atoms with E-state index in [2.05, 4.69) is 10.1 Å². The molecule has 0 fully saturated rings. The first-order valence-electron chi connectivity index (χ1n) is 8.76. The Kier molecular flexibility index (Phi) is 7.09. The van der Waals surface area contributed by atoms with Gasteiger partial charge in [0.15, 0.2) is 23.6 Å². The molecular formula is C21H22N2O7. The van der Waals surface area contributed by atoms with Crippen LogP contribution >= 0.6 is 0 Å². The van der Waals surface area contributed by atoms with Crippen molar-refractivity contribution in [2.24, 2.45) is 0 Å². The van der Waals surface area contributed by atoms with E-state index >= 15 is 0 Å². The van der Waals surface area contributed by atoms with E-state index in [-0.39, 0.29) is 17.1 Å². The fraction of sp³-hybridized carbons (Fsp3) is 0.286. The first kappa shape index (κ1) is 22.4. The van der Waals surface area contributed by atoms with Gasteiger partial charge in [0.25, 0.3) is 0 Å². The zero-order valence-electron chi connectivity index (χ0n) is 17.0. The lowest BCUT2D eigenvalue weighted by Crippen LogP contribution is -2.41. The SMILES string of the molecule is COC(=O)COc1cc(OC)c(OC)cc1C(C)(Nc1ccc(C#N)cc1)C(=O)O. The Morgan fingerprint density at radius 1 is 1.07 bits per heavy atom. The van der Waals surface area contributed by atoms with Crippen LogP contribution in [0, 0.1) is 11.3 Å². The Hall–Kier alpha value is -3.93. The van der Waals surface area contributed by atoms with Gasteiger partial charge in [-0.1, -0.05) is 0 Å². The number of hydrogen-bond acceptors (Lipinski definition) is 8. The molecule has 0 amide bonds. The van der Waals surface area contributed by atoms with Gasteiger partial charge >= 0.3 is 11.9 Å². The number of ether oxygens (including phenoxy) is 4. The number of carbonyl (C=O) groups excluding carboxylic acids is 1. The summed E-state index contributed by atoms with van der Waals surface area (Å²) < 4.78 is 20.7. The van der Waals surface area contributed by atoms with Gasteiger partial charge in [-0.3, -0.25) is 0 Å². The van der Waals surface area contributed by atoms with Gasteiger partial charge in [-0.2, -0.15) is 5.26 Å². The number of nitrogens with one attached hydrogen (secondary N) is 1. The van der Waals surface area contributed by atoms with Crippen molar-refractivity contribution in [3.05, 3.63) is 47.5 Å². The molecule has 2 aromatic rings. The third-order valence-corrected chi connectivity index (χ3v) is 4.43. The normalized spacial score (nSPS) is 12.1. The summed E-state index contributed by atoms with van der Waals surface area (Å²) in [7, 11) is 4.06. The molecule has 0 saturated carbocycles. The first-order valence-corrected chi connectivity index (χ1v) is 8.76. The number of carbonyl (C=O) groups is 2. The fourth-order valence-electron chi connectivity index (χ4n) is 2.72. The fourth-order valence-corrected chi connectivity index (χ4v) is 2.72. The monoisotopic (exact) mass is 414 g/mol. The van der Waals surface area contributed by atoms with Crippen LogP contribution in [0.1, 0.15) is 18.1 Å². The van der Waals surface area contributed by atoms with Crippen LogP contribution in [0.3, 0.4) is 0 Å². The van der Waals surface area contributed by atoms with E-state index in [4.69, 9.17) is 19.5 Å². The second-order valence-electron chi connectivity index (χ2n) is 6.31. The van der Waals surface area contributed by atoms with Crippen molar-refractivity contribution < 1.29 is 33.6 Å². The summed E-state index contributed by atoms with van der Waals surface area (Å²) in [6.45, 7) is 1.02. The predicted molar refractivity (Wildman–Crippen MR) is 107 cm³/mol. The number of nitriles is 1. The van der Waals surface area contributed by atoms with Crippen LogP contribution in [0.25, 0.3) is 0 Å². The van der Waals surface area contributed by atoms with Gasteiger partial charge in [-0.25, -0.2) is 9.59 Å². The first-order chi connectivity index (χ1) is 14.3. The largest absolute Gasteiger partial charge is 0.493 e. The van der Waals surface area contributed by atoms with Crippen LogP contribution in [0.5, 0.6) is 17.2 Å². The Morgan fingerprint density at radius 3 is 2.17 bits per heavy atom. The summed E-state index contributed by atoms with van der Waals surface area (Å²) in [5.41, 5.74) is -0.585. The van der Waals surface area contributed by atoms with Crippen molar-refractivity contribution in [1.82, 2.24) is 0 Å². The molecule has 2 N–H and O–H groups in total. The van der Waals surface area contributed by atoms with Crippen molar-refractivity contribution in [1.29, 1.82) is 5.26 Å². The molecule has 30 heavy (non-hydrogen) atoms. The molecule has 2 aromatic carbocycles. The summed E-state index contributed by atoms with van der Waals surface area (Å²) in [6.07, 6.45) is 0. The number of rotatable bonds is 9. The van der Waals surface area contributed by atoms with E-state index in [1.807, 2.05) is 6.07 Å². The number of nitrogens with zero attached hydrogens (tertiary/aromatic N) is 1. The van der Waals surface area contributed by atoms with Crippen molar-refractivity contribution in [3.63, 3.8) is 0 Å². The lowest BCUT2D eigenvalue weighted by molar-refractivity contribution is -0.143. The summed E-state index contributed by atoms with van der Waals surface area (Å²) in [6, 6.07) is 11.2. The maximum absolute atomic E-state index is 12.3. The summed E-state index contributed by atoms with van der Waals surface area (Å²) in [5.74, 6) is -1.15. The number of carboxylic acid groups (broad SMARTS) is 1. The predicted octanol–water partition coefficient (Wildman–Crippen LogP) is 2.54. The minimum absolute atomic E-state index is 0.101. The molecule has 0 aliphatic carbocycles. The quantitative estimate of drug-likeness (QED) is 0.595. The molecule has 0 aliphatic heterocycles. The standard InChI is InChI=1S/C21H22N2O7/c1-21(20(25)26,23-14-7-5-13(11-22)6-8-14)15-9-17(27-2)18(28-3)10-16(15)30-12-19(24)29-4/h5-10,23H,12H2,1-4H3,(H,25,26). The minimum atomic E-state index is -1.68. The molecule has 9 heteroatoms. The summed E-state index contributed by atoms with van der Waals surface area (Å²) in [5, 5.41) is 22.0. The summed E-state index contributed by atoms with van der Waals surface area (Å²) in [4.78, 5) is 23.9. The number of benzene rings is 2. The van der Waals surface area contributed by atoms with Crippen molar-refractivity contribution in [2.75, 3.05) is 33.3 Å². The van der Waals surface area contributed by atoms with E-state index in [9.17, 15) is 14.7 Å². The highest BCUT2D eigenvalue weighted by Gasteiger charge is 2.39. The van der Waals surface area contributed by atoms with Gasteiger partial charge < -0.3 is 29.4 Å². The van der Waals surface area contributed by atoms with Gasteiger partial charge in [0.05, 0.1) is 33.0 Å². The molecule has 1 unspecified atom stereocenters. The van der Waals surface area contributed by atoms with Gasteiger partial charge in [0, 0.05) is 17.3 Å². The average molecular weight is 414 g/mol. The molecule has 0 saturated heterocycles. The zero-order chi connectivity index (χ0) is 22.3. The highest BCUT2D eigenvalue weighted by molar-refractivity contribution is 5.86. The zero-order valence-corrected chi connectivity index (χ0v) is 17.0. The summed E-state index contributed by atoms with van der Waals surface area (Å²) >= 11 is 0. The molecule has 0 spiro atoms. The van der Waals surface area contributed by atoms with E-state index in [0.29, 0.717) is 17.0 Å². The van der Waals surface area contributed by atoms with Crippen LogP contribution < -0.4 is 19.5 Å². The third kappa shape index (κ3) is 4.72. The van der Waals surface area contributed by atoms with Gasteiger partial charge in [0.2, 0.25) is 0 Å². The lowest BCUT2D eigenvalue weighted by atomic mass is 9.90. The number of hydrogen-bond donors (Lipinski definition) is 2. The van der Waals surface area contributed by atoms with Crippen LogP contribution in [-0.4, -0.2) is 45.0 Å². The van der Waals surface area contributed by atoms with Crippen molar-refractivity contribution in [3.8, 4) is 23.3 Å². The van der Waals surface area contributed by atoms with Crippen LogP contribution in [0.4, 0.5) is 5.69 Å². The molecule has 0 heterocycles. The number of aliphatic carboxylic acids is 1. The second-order valence-corrected chi connectivity index (χ2v) is 6.31. The molecular weight excluding hydrogens is 392 g/mol. The molecule has 1 atom stereocenters. The van der Waals surface area contributed by atoms with Gasteiger partial charge in [-0.05, 0) is 37.3 Å². The number of carboxylic acids is 1. The van der Waals surface area contributed by atoms with Gasteiger partial charge in [0.1, 0.15) is 5.75 Å². The van der Waals surface area contributed by atoms with Crippen LogP contribution in [0.15, 0.2) is 36.4 Å². The van der Waals surface area contributed by atoms with Crippen LogP contribution in [-0.2, 0) is 19.9 Å². The van der Waals surface area contributed by atoms with Crippen molar-refractivity contribution >= 4 is 17.6 Å². The molecule has 9 nitrogen and oxygen atoms in total. The number of anilines is 1. The van der Waals surface area contributed by atoms with E-state index in [1.165, 1.54) is 40.4 Å². The molecule has 2 rings (SSSR count). The molecule has 0 bridgehead atoms. The van der Waals surface area contributed by atoms with Gasteiger partial charge in [-0.15, -0.1) is 0 Å². The molecule has 0 aliphatic rings. The van der Waals surface area contributed by atoms with E-state index in [1.54, 1.807) is 24.3 Å². The molecule has 158 valence electrons. The molecule has 0 aromatic heterocycles. The third-order valence-electron chi connectivity index (χ3n) is 4.43. The maximum Gasteiger partial charge on any atom is 0.343 e. The van der Waals surface area contributed by atoms with Crippen molar-refractivity contribution in [2.45, 2.75) is 12.5 Å². The minimum Gasteiger partial charge on any atom is -0.493 e. The highest BCUT2D eigenvalue weighted by atomic mass is 16.6. The Balaban J connectivity index is 2.58. The Morgan fingerprint density at radius 2 is 1.67 bits per heavy atom. The smallest absolute Gasteiger partial charge is 0.343 e. The second kappa shape index (κ2) is 9.52. The maximum atomic E-state index is 12.3. The lowest BCUT2D eigenvalue weighted by Gasteiger charge is -2.30. The number of methoxy groups -OCH3 is 3. The Labute approximate surface area is 173 Å². The van der Waals surface area contributed by atoms with E-state index < -0.39 is 24.1 Å². The van der Waals surface area contributed by atoms with E-state index in [0.717, 1.165) is 0 Å². The number of esters is 1. The average Bonchev–Trinajstić information content (AvgIpc) is 2.76. The topological polar surface area (TPSA) is 127 Å².